The molecule has 0 saturated heterocycles. The molecular weight excluding hydrogens is 348 g/mol. The molecule has 0 amide bonds. The standard InChI is InChI=1S/C23H32N4O/c1-17(2)21(19-8-6-12-25-13-19)15-27-23(24-3)26-14-20-7-4-5-9-22(20)28-16-18-10-11-18/h4-9,12-13,17-18,21H,10-11,14-16H2,1-3H3,(H2,24,26,27). The Bertz CT molecular complexity index is 756. The van der Waals surface area contributed by atoms with Crippen LogP contribution in [0.25, 0.3) is 0 Å². The van der Waals surface area contributed by atoms with E-state index in [1.807, 2.05) is 36.7 Å². The average molecular weight is 381 g/mol. The molecule has 0 spiro atoms. The van der Waals surface area contributed by atoms with Gasteiger partial charge in [0.15, 0.2) is 5.96 Å². The van der Waals surface area contributed by atoms with Gasteiger partial charge in [0.05, 0.1) is 6.61 Å². The summed E-state index contributed by atoms with van der Waals surface area (Å²) in [7, 11) is 1.80. The Morgan fingerprint density at radius 1 is 1.18 bits per heavy atom. The number of guanidine groups is 1. The highest BCUT2D eigenvalue weighted by atomic mass is 16.5. The monoisotopic (exact) mass is 380 g/mol. The molecule has 5 nitrogen and oxygen atoms in total. The van der Waals surface area contributed by atoms with E-state index in [4.69, 9.17) is 4.74 Å². The second-order valence-electron chi connectivity index (χ2n) is 7.81. The Balaban J connectivity index is 1.54. The molecule has 2 aromatic rings. The summed E-state index contributed by atoms with van der Waals surface area (Å²) in [5, 5.41) is 6.89. The van der Waals surface area contributed by atoms with E-state index in [2.05, 4.69) is 46.6 Å². The van der Waals surface area contributed by atoms with Crippen molar-refractivity contribution in [1.82, 2.24) is 15.6 Å². The van der Waals surface area contributed by atoms with E-state index >= 15 is 0 Å². The molecule has 0 radical (unpaired) electrons. The van der Waals surface area contributed by atoms with Crippen molar-refractivity contribution in [2.75, 3.05) is 20.2 Å². The summed E-state index contributed by atoms with van der Waals surface area (Å²) in [5.74, 6) is 3.39. The lowest BCUT2D eigenvalue weighted by Gasteiger charge is -2.23. The van der Waals surface area contributed by atoms with Crippen LogP contribution in [0.3, 0.4) is 0 Å². The number of nitrogens with one attached hydrogen (secondary N) is 2. The second-order valence-corrected chi connectivity index (χ2v) is 7.81. The van der Waals surface area contributed by atoms with Crippen molar-refractivity contribution in [3.05, 3.63) is 59.9 Å². The van der Waals surface area contributed by atoms with Gasteiger partial charge >= 0.3 is 0 Å². The molecule has 2 N–H and O–H groups in total. The van der Waals surface area contributed by atoms with Gasteiger partial charge in [-0.25, -0.2) is 0 Å². The molecular formula is C23H32N4O. The highest BCUT2D eigenvalue weighted by Crippen LogP contribution is 2.30. The quantitative estimate of drug-likeness (QED) is 0.510. The molecule has 5 heteroatoms. The number of rotatable bonds is 9. The molecule has 1 saturated carbocycles. The maximum atomic E-state index is 6.01. The third kappa shape index (κ3) is 5.98. The molecule has 0 bridgehead atoms. The van der Waals surface area contributed by atoms with Gasteiger partial charge in [0, 0.05) is 44.0 Å². The first-order valence-electron chi connectivity index (χ1n) is 10.2. The van der Waals surface area contributed by atoms with Crippen LogP contribution in [0.2, 0.25) is 0 Å². The summed E-state index contributed by atoms with van der Waals surface area (Å²) in [6, 6.07) is 12.4. The Labute approximate surface area is 168 Å². The van der Waals surface area contributed by atoms with Crippen LogP contribution in [0, 0.1) is 11.8 Å². The van der Waals surface area contributed by atoms with Crippen molar-refractivity contribution in [1.29, 1.82) is 0 Å². The summed E-state index contributed by atoms with van der Waals surface area (Å²) >= 11 is 0. The molecule has 28 heavy (non-hydrogen) atoms. The first-order chi connectivity index (χ1) is 13.7. The number of aliphatic imine (C=N–C) groups is 1. The number of aromatic nitrogens is 1. The number of benzene rings is 1. The van der Waals surface area contributed by atoms with Crippen LogP contribution in [-0.2, 0) is 6.54 Å². The van der Waals surface area contributed by atoms with Gasteiger partial charge in [-0.2, -0.15) is 0 Å². The van der Waals surface area contributed by atoms with Gasteiger partial charge in [-0.15, -0.1) is 0 Å². The van der Waals surface area contributed by atoms with Gasteiger partial charge in [-0.3, -0.25) is 9.98 Å². The summed E-state index contributed by atoms with van der Waals surface area (Å²) in [5.41, 5.74) is 2.40. The van der Waals surface area contributed by atoms with Crippen LogP contribution in [0.4, 0.5) is 0 Å². The van der Waals surface area contributed by atoms with Crippen molar-refractivity contribution in [3.63, 3.8) is 0 Å². The lowest BCUT2D eigenvalue weighted by Crippen LogP contribution is -2.39. The summed E-state index contributed by atoms with van der Waals surface area (Å²) in [4.78, 5) is 8.65. The van der Waals surface area contributed by atoms with E-state index in [-0.39, 0.29) is 0 Å². The molecule has 0 aliphatic heterocycles. The first kappa shape index (κ1) is 20.2. The lowest BCUT2D eigenvalue weighted by molar-refractivity contribution is 0.296. The molecule has 1 unspecified atom stereocenters. The molecule has 1 aliphatic rings. The van der Waals surface area contributed by atoms with Crippen LogP contribution < -0.4 is 15.4 Å². The molecule has 150 valence electrons. The van der Waals surface area contributed by atoms with Crippen molar-refractivity contribution >= 4 is 5.96 Å². The summed E-state index contributed by atoms with van der Waals surface area (Å²) in [6.45, 7) is 6.79. The van der Waals surface area contributed by atoms with Gasteiger partial charge in [-0.05, 0) is 42.4 Å². The number of pyridine rings is 1. The molecule has 3 rings (SSSR count). The number of hydrogen-bond acceptors (Lipinski definition) is 3. The van der Waals surface area contributed by atoms with E-state index in [0.29, 0.717) is 18.4 Å². The molecule has 1 heterocycles. The fourth-order valence-corrected chi connectivity index (χ4v) is 3.22. The minimum absolute atomic E-state index is 0.376. The van der Waals surface area contributed by atoms with Crippen molar-refractivity contribution < 1.29 is 4.74 Å². The Morgan fingerprint density at radius 2 is 2.00 bits per heavy atom. The van der Waals surface area contributed by atoms with Crippen LogP contribution in [0.5, 0.6) is 5.75 Å². The number of hydrogen-bond donors (Lipinski definition) is 2. The van der Waals surface area contributed by atoms with Crippen LogP contribution in [0.1, 0.15) is 43.7 Å². The highest BCUT2D eigenvalue weighted by Gasteiger charge is 2.22. The summed E-state index contributed by atoms with van der Waals surface area (Å²) < 4.78 is 6.01. The Kier molecular flexibility index (Phi) is 7.29. The Hall–Kier alpha value is -2.56. The molecule has 1 aromatic carbocycles. The van der Waals surface area contributed by atoms with E-state index in [0.717, 1.165) is 36.3 Å². The maximum absolute atomic E-state index is 6.01. The minimum atomic E-state index is 0.376. The second kappa shape index (κ2) is 10.1. The van der Waals surface area contributed by atoms with Crippen LogP contribution in [-0.4, -0.2) is 31.1 Å². The van der Waals surface area contributed by atoms with Gasteiger partial charge in [0.2, 0.25) is 0 Å². The van der Waals surface area contributed by atoms with Crippen molar-refractivity contribution in [2.24, 2.45) is 16.8 Å². The van der Waals surface area contributed by atoms with Gasteiger partial charge in [0.25, 0.3) is 0 Å². The predicted molar refractivity (Wildman–Crippen MR) is 115 cm³/mol. The first-order valence-corrected chi connectivity index (χ1v) is 10.2. The minimum Gasteiger partial charge on any atom is -0.493 e. The van der Waals surface area contributed by atoms with Crippen LogP contribution in [0.15, 0.2) is 53.8 Å². The number of para-hydroxylation sites is 1. The fraction of sp³-hybridized carbons (Fsp3) is 0.478. The van der Waals surface area contributed by atoms with E-state index in [9.17, 15) is 0 Å². The third-order valence-corrected chi connectivity index (χ3v) is 5.22. The SMILES string of the molecule is CN=C(NCc1ccccc1OCC1CC1)NCC(c1cccnc1)C(C)C. The van der Waals surface area contributed by atoms with E-state index < -0.39 is 0 Å². The van der Waals surface area contributed by atoms with E-state index in [1.165, 1.54) is 18.4 Å². The average Bonchev–Trinajstić information content (AvgIpc) is 3.54. The summed E-state index contributed by atoms with van der Waals surface area (Å²) in [6.07, 6.45) is 6.36. The van der Waals surface area contributed by atoms with Crippen molar-refractivity contribution in [3.8, 4) is 5.75 Å². The maximum Gasteiger partial charge on any atom is 0.191 e. The highest BCUT2D eigenvalue weighted by molar-refractivity contribution is 5.79. The predicted octanol–water partition coefficient (Wildman–Crippen LogP) is 3.98. The zero-order valence-corrected chi connectivity index (χ0v) is 17.2. The van der Waals surface area contributed by atoms with Crippen LogP contribution >= 0.6 is 0 Å². The zero-order valence-electron chi connectivity index (χ0n) is 17.2. The van der Waals surface area contributed by atoms with E-state index in [1.54, 1.807) is 7.05 Å². The number of nitrogens with zero attached hydrogens (tertiary/aromatic N) is 2. The zero-order chi connectivity index (χ0) is 19.8. The normalized spacial score (nSPS) is 15.4. The Morgan fingerprint density at radius 3 is 2.68 bits per heavy atom. The topological polar surface area (TPSA) is 58.5 Å². The third-order valence-electron chi connectivity index (χ3n) is 5.22. The molecule has 1 aromatic heterocycles. The molecule has 1 fully saturated rings. The molecule has 1 atom stereocenters. The molecule has 1 aliphatic carbocycles. The number of ether oxygens (including phenoxy) is 1. The lowest BCUT2D eigenvalue weighted by atomic mass is 9.89. The van der Waals surface area contributed by atoms with Gasteiger partial charge in [0.1, 0.15) is 5.75 Å². The smallest absolute Gasteiger partial charge is 0.191 e. The van der Waals surface area contributed by atoms with Crippen molar-refractivity contribution in [2.45, 2.75) is 39.2 Å². The largest absolute Gasteiger partial charge is 0.493 e. The fourth-order valence-electron chi connectivity index (χ4n) is 3.22. The van der Waals surface area contributed by atoms with Gasteiger partial charge in [-0.1, -0.05) is 38.1 Å². The van der Waals surface area contributed by atoms with Gasteiger partial charge < -0.3 is 15.4 Å².